The molecule has 0 aliphatic heterocycles. The van der Waals surface area contributed by atoms with E-state index in [-0.39, 0.29) is 0 Å². The van der Waals surface area contributed by atoms with Gasteiger partial charge in [0.25, 0.3) is 0 Å². The van der Waals surface area contributed by atoms with Crippen molar-refractivity contribution in [1.82, 2.24) is 4.72 Å². The molecular formula is C42H55NO2S. The van der Waals surface area contributed by atoms with Crippen LogP contribution in [-0.4, -0.2) is 12.7 Å². The van der Waals surface area contributed by atoms with Crippen LogP contribution >= 0.6 is 12.2 Å². The molecule has 7 rings (SSSR count). The third-order valence-corrected chi connectivity index (χ3v) is 11.3. The van der Waals surface area contributed by atoms with Crippen LogP contribution in [0.1, 0.15) is 94.4 Å². The Morgan fingerprint density at radius 1 is 0.913 bits per heavy atom. The molecule has 0 radical (unpaired) electrons. The van der Waals surface area contributed by atoms with Crippen molar-refractivity contribution in [2.45, 2.75) is 98.1 Å². The first-order valence-corrected chi connectivity index (χ1v) is 18.5. The van der Waals surface area contributed by atoms with Gasteiger partial charge >= 0.3 is 0 Å². The zero-order chi connectivity index (χ0) is 32.4. The summed E-state index contributed by atoms with van der Waals surface area (Å²) >= 11 is 1.46. The van der Waals surface area contributed by atoms with E-state index in [4.69, 9.17) is 8.92 Å². The maximum Gasteiger partial charge on any atom is 0.120 e. The first kappa shape index (κ1) is 34.5. The van der Waals surface area contributed by atoms with E-state index in [1.165, 1.54) is 73.0 Å². The van der Waals surface area contributed by atoms with E-state index in [0.29, 0.717) is 30.0 Å². The average Bonchev–Trinajstić information content (AvgIpc) is 3.44. The highest BCUT2D eigenvalue weighted by molar-refractivity contribution is 7.92. The molecule has 6 atom stereocenters. The summed E-state index contributed by atoms with van der Waals surface area (Å²) in [7, 11) is 0. The van der Waals surface area contributed by atoms with E-state index in [1.54, 1.807) is 5.56 Å². The van der Waals surface area contributed by atoms with Crippen molar-refractivity contribution in [1.29, 1.82) is 0 Å². The van der Waals surface area contributed by atoms with Crippen LogP contribution in [0.3, 0.4) is 0 Å². The molecule has 2 fully saturated rings. The Morgan fingerprint density at radius 3 is 2.37 bits per heavy atom. The van der Waals surface area contributed by atoms with Gasteiger partial charge in [0.15, 0.2) is 0 Å². The molecule has 0 bridgehead atoms. The van der Waals surface area contributed by atoms with Gasteiger partial charge in [0.2, 0.25) is 0 Å². The van der Waals surface area contributed by atoms with E-state index < -0.39 is 0 Å². The van der Waals surface area contributed by atoms with Crippen LogP contribution in [0.2, 0.25) is 0 Å². The molecular weight excluding hydrogens is 583 g/mol. The molecule has 46 heavy (non-hydrogen) atoms. The van der Waals surface area contributed by atoms with Crippen LogP contribution in [-0.2, 0) is 17.1 Å². The highest BCUT2D eigenvalue weighted by atomic mass is 32.2. The highest BCUT2D eigenvalue weighted by Crippen LogP contribution is 2.62. The van der Waals surface area contributed by atoms with Gasteiger partial charge in [0.1, 0.15) is 12.4 Å². The lowest BCUT2D eigenvalue weighted by atomic mass is 9.55. The van der Waals surface area contributed by atoms with Crippen molar-refractivity contribution in [3.8, 4) is 5.75 Å². The maximum absolute atomic E-state index is 6.42. The Labute approximate surface area is 283 Å². The van der Waals surface area contributed by atoms with Crippen molar-refractivity contribution in [3.05, 3.63) is 125 Å². The van der Waals surface area contributed by atoms with Crippen LogP contribution in [0.15, 0.2) is 103 Å². The number of hydrogen-bond acceptors (Lipinski definition) is 4. The summed E-state index contributed by atoms with van der Waals surface area (Å²) in [5.41, 5.74) is 7.33. The van der Waals surface area contributed by atoms with Crippen molar-refractivity contribution in [3.63, 3.8) is 0 Å². The number of aryl methyl sites for hydroxylation is 2. The molecule has 0 heterocycles. The van der Waals surface area contributed by atoms with Gasteiger partial charge in [-0.15, -0.1) is 0 Å². The number of benzene rings is 3. The molecule has 3 nitrogen and oxygen atoms in total. The quantitative estimate of drug-likeness (QED) is 0.151. The zero-order valence-electron chi connectivity index (χ0n) is 28.7. The van der Waals surface area contributed by atoms with Gasteiger partial charge in [-0.05, 0) is 115 Å². The molecule has 6 unspecified atom stereocenters. The Balaban J connectivity index is 0.000000406. The fraction of sp³-hybridized carbons (Fsp3) is 0.476. The smallest absolute Gasteiger partial charge is 0.120 e. The SMILES string of the molecule is CC.CC1C=CC(COc2ccc3c(c2)CCC2C3CCC3(C)C(OSNCc4ccccc4)CCC23)=CC1.Cc1ccccc1. The molecule has 4 aliphatic carbocycles. The third-order valence-electron chi connectivity index (χ3n) is 10.7. The molecule has 0 aromatic heterocycles. The summed E-state index contributed by atoms with van der Waals surface area (Å²) < 4.78 is 16.1. The normalized spacial score (nSPS) is 27.4. The number of rotatable bonds is 8. The maximum atomic E-state index is 6.42. The second-order valence-electron chi connectivity index (χ2n) is 13.7. The summed E-state index contributed by atoms with van der Waals surface area (Å²) in [6.45, 7) is 12.4. The molecule has 3 aromatic carbocycles. The summed E-state index contributed by atoms with van der Waals surface area (Å²) in [6.07, 6.45) is 15.8. The Morgan fingerprint density at radius 2 is 1.67 bits per heavy atom. The van der Waals surface area contributed by atoms with Crippen molar-refractivity contribution in [2.75, 3.05) is 6.61 Å². The van der Waals surface area contributed by atoms with Crippen molar-refractivity contribution in [2.24, 2.45) is 23.2 Å². The molecule has 0 amide bonds. The predicted molar refractivity (Wildman–Crippen MR) is 196 cm³/mol. The minimum atomic E-state index is 0.294. The van der Waals surface area contributed by atoms with E-state index in [1.807, 2.05) is 32.0 Å². The molecule has 2 saturated carbocycles. The van der Waals surface area contributed by atoms with Gasteiger partial charge in [0.05, 0.1) is 18.3 Å². The van der Waals surface area contributed by atoms with Gasteiger partial charge in [-0.2, -0.15) is 0 Å². The second-order valence-corrected chi connectivity index (χ2v) is 14.3. The van der Waals surface area contributed by atoms with E-state index >= 15 is 0 Å². The van der Waals surface area contributed by atoms with Crippen molar-refractivity contribution >= 4 is 12.2 Å². The van der Waals surface area contributed by atoms with Crippen LogP contribution in [0.4, 0.5) is 0 Å². The van der Waals surface area contributed by atoms with Crippen molar-refractivity contribution < 1.29 is 8.92 Å². The van der Waals surface area contributed by atoms with Crippen LogP contribution in [0, 0.1) is 30.1 Å². The molecule has 4 heteroatoms. The largest absolute Gasteiger partial charge is 0.489 e. The minimum absolute atomic E-state index is 0.294. The van der Waals surface area contributed by atoms with Gasteiger partial charge in [0, 0.05) is 6.54 Å². The van der Waals surface area contributed by atoms with Gasteiger partial charge in [-0.3, -0.25) is 4.18 Å². The lowest BCUT2D eigenvalue weighted by Crippen LogP contribution is -2.44. The third kappa shape index (κ3) is 8.56. The Hall–Kier alpha value is -2.79. The Bertz CT molecular complexity index is 1420. The second kappa shape index (κ2) is 16.9. The average molecular weight is 638 g/mol. The van der Waals surface area contributed by atoms with Crippen LogP contribution < -0.4 is 9.46 Å². The predicted octanol–water partition coefficient (Wildman–Crippen LogP) is 11.2. The van der Waals surface area contributed by atoms with Gasteiger partial charge < -0.3 is 4.74 Å². The Kier molecular flexibility index (Phi) is 12.7. The van der Waals surface area contributed by atoms with E-state index in [0.717, 1.165) is 30.6 Å². The lowest BCUT2D eigenvalue weighted by molar-refractivity contribution is -0.00324. The number of ether oxygens (including phenoxy) is 1. The minimum Gasteiger partial charge on any atom is -0.489 e. The molecule has 246 valence electrons. The van der Waals surface area contributed by atoms with E-state index in [9.17, 15) is 0 Å². The highest BCUT2D eigenvalue weighted by Gasteiger charge is 2.55. The van der Waals surface area contributed by atoms with Gasteiger partial charge in [-0.25, -0.2) is 4.72 Å². The topological polar surface area (TPSA) is 30.5 Å². The summed E-state index contributed by atoms with van der Waals surface area (Å²) in [6, 6.07) is 27.8. The molecule has 1 N–H and O–H groups in total. The fourth-order valence-electron chi connectivity index (χ4n) is 8.14. The van der Waals surface area contributed by atoms with Gasteiger partial charge in [-0.1, -0.05) is 118 Å². The summed E-state index contributed by atoms with van der Waals surface area (Å²) in [5.74, 6) is 3.93. The van der Waals surface area contributed by atoms with E-state index in [2.05, 4.69) is 104 Å². The van der Waals surface area contributed by atoms with Crippen LogP contribution in [0.25, 0.3) is 0 Å². The summed E-state index contributed by atoms with van der Waals surface area (Å²) in [5, 5.41) is 0. The molecule has 0 spiro atoms. The lowest BCUT2D eigenvalue weighted by Gasteiger charge is -2.50. The molecule has 0 saturated heterocycles. The molecule has 3 aromatic rings. The monoisotopic (exact) mass is 637 g/mol. The zero-order valence-corrected chi connectivity index (χ0v) is 29.5. The summed E-state index contributed by atoms with van der Waals surface area (Å²) in [4.78, 5) is 0. The number of nitrogens with one attached hydrogen (secondary N) is 1. The number of allylic oxidation sites excluding steroid dienone is 2. The standard InChI is InChI=1S/C33H41NO2S.C7H8.C2H6/c1-23-8-10-25(11-9-23)22-35-27-13-15-28-26(20-27)12-14-30-29(28)18-19-33(2)31(30)16-17-32(33)36-37-34-21-24-6-4-3-5-7-24;1-7-5-3-2-4-6-7;1-2/h3-8,10-11,13,15,20,23,29-32,34H,9,12,14,16-19,21-22H2,1-2H3;2-6H,1H3;1-2H3. The fourth-order valence-corrected chi connectivity index (χ4v) is 8.86. The van der Waals surface area contributed by atoms with Crippen LogP contribution in [0.5, 0.6) is 5.75 Å². The number of hydrogen-bond donors (Lipinski definition) is 1. The first-order valence-electron chi connectivity index (χ1n) is 17.7. The molecule has 4 aliphatic rings. The number of fused-ring (bicyclic) bond motifs is 5. The first-order chi connectivity index (χ1) is 22.5.